The van der Waals surface area contributed by atoms with Crippen LogP contribution >= 0.6 is 0 Å². The number of aliphatic hydroxyl groups is 1. The number of aromatic nitrogens is 3. The van der Waals surface area contributed by atoms with Crippen molar-refractivity contribution >= 4 is 11.5 Å². The second-order valence-corrected chi connectivity index (χ2v) is 8.03. The zero-order valence-corrected chi connectivity index (χ0v) is 17.3. The van der Waals surface area contributed by atoms with Crippen molar-refractivity contribution in [2.24, 2.45) is 0 Å². The van der Waals surface area contributed by atoms with E-state index in [-0.39, 0.29) is 18.5 Å². The van der Waals surface area contributed by atoms with Crippen molar-refractivity contribution < 1.29 is 9.50 Å². The summed E-state index contributed by atoms with van der Waals surface area (Å²) in [4.78, 5) is 7.25. The third-order valence-electron chi connectivity index (χ3n) is 6.00. The summed E-state index contributed by atoms with van der Waals surface area (Å²) in [5.74, 6) is 0.716. The predicted molar refractivity (Wildman–Crippen MR) is 121 cm³/mol. The van der Waals surface area contributed by atoms with Gasteiger partial charge in [0.1, 0.15) is 11.6 Å². The maximum absolute atomic E-state index is 13.4. The highest BCUT2D eigenvalue weighted by molar-refractivity contribution is 5.71. The van der Waals surface area contributed by atoms with Crippen molar-refractivity contribution in [2.45, 2.75) is 31.7 Å². The van der Waals surface area contributed by atoms with E-state index in [4.69, 9.17) is 10.1 Å². The number of fused-ring (bicyclic) bond motifs is 1. The molecule has 3 heterocycles. The van der Waals surface area contributed by atoms with Crippen LogP contribution in [-0.2, 0) is 0 Å². The summed E-state index contributed by atoms with van der Waals surface area (Å²) in [6, 6.07) is 20.8. The van der Waals surface area contributed by atoms with E-state index in [9.17, 15) is 9.50 Å². The lowest BCUT2D eigenvalue weighted by Gasteiger charge is -2.37. The van der Waals surface area contributed by atoms with Crippen LogP contribution in [0.25, 0.3) is 28.2 Å². The van der Waals surface area contributed by atoms with E-state index in [1.54, 1.807) is 12.1 Å². The summed E-state index contributed by atoms with van der Waals surface area (Å²) in [5, 5.41) is 14.5. The molecule has 5 nitrogen and oxygen atoms in total. The van der Waals surface area contributed by atoms with Gasteiger partial charge in [0.25, 0.3) is 0 Å². The van der Waals surface area contributed by atoms with Crippen molar-refractivity contribution in [2.75, 3.05) is 18.1 Å². The largest absolute Gasteiger partial charge is 0.396 e. The Bertz CT molecular complexity index is 1170. The van der Waals surface area contributed by atoms with Crippen LogP contribution in [0.15, 0.2) is 66.7 Å². The normalized spacial score (nSPS) is 16.7. The minimum absolute atomic E-state index is 0.168. The number of hydrogen-bond donors (Lipinski definition) is 1. The van der Waals surface area contributed by atoms with Gasteiger partial charge in [-0.25, -0.2) is 9.37 Å². The number of halogens is 1. The van der Waals surface area contributed by atoms with Crippen LogP contribution in [-0.4, -0.2) is 38.9 Å². The number of benzene rings is 2. The Morgan fingerprint density at radius 3 is 2.48 bits per heavy atom. The molecule has 1 saturated heterocycles. The standard InChI is InChI=1S/C25H25FN4O/c26-20-11-9-19(10-12-20)23-16-24-27-22(18-6-2-1-3-7-18)17-25(30(24)28-23)29-14-5-4-8-21(29)13-15-31/h1-3,6-7,9-12,16-17,21,31H,4-5,8,13-15H2/t21-/m1/s1. The molecule has 0 spiro atoms. The Morgan fingerprint density at radius 1 is 0.935 bits per heavy atom. The van der Waals surface area contributed by atoms with Gasteiger partial charge in [0, 0.05) is 42.5 Å². The fourth-order valence-corrected chi connectivity index (χ4v) is 4.43. The van der Waals surface area contributed by atoms with Gasteiger partial charge in [-0.3, -0.25) is 0 Å². The highest BCUT2D eigenvalue weighted by Crippen LogP contribution is 2.32. The van der Waals surface area contributed by atoms with Crippen LogP contribution in [0.3, 0.4) is 0 Å². The van der Waals surface area contributed by atoms with Crippen LogP contribution in [0.5, 0.6) is 0 Å². The molecule has 1 aliphatic rings. The molecular weight excluding hydrogens is 391 g/mol. The highest BCUT2D eigenvalue weighted by Gasteiger charge is 2.25. The second-order valence-electron chi connectivity index (χ2n) is 8.03. The van der Waals surface area contributed by atoms with Gasteiger partial charge < -0.3 is 10.0 Å². The molecule has 2 aromatic heterocycles. The van der Waals surface area contributed by atoms with Gasteiger partial charge >= 0.3 is 0 Å². The molecule has 1 N–H and O–H groups in total. The Hall–Kier alpha value is -3.25. The van der Waals surface area contributed by atoms with E-state index in [0.29, 0.717) is 0 Å². The molecule has 31 heavy (non-hydrogen) atoms. The lowest BCUT2D eigenvalue weighted by Crippen LogP contribution is -2.41. The van der Waals surface area contributed by atoms with E-state index in [0.717, 1.165) is 59.8 Å². The molecule has 5 rings (SSSR count). The summed E-state index contributed by atoms with van der Waals surface area (Å²) < 4.78 is 15.3. The Balaban J connectivity index is 1.68. The molecule has 6 heteroatoms. The van der Waals surface area contributed by atoms with Crippen molar-refractivity contribution in [3.8, 4) is 22.5 Å². The van der Waals surface area contributed by atoms with Crippen LogP contribution in [0.2, 0.25) is 0 Å². The quantitative estimate of drug-likeness (QED) is 0.501. The lowest BCUT2D eigenvalue weighted by atomic mass is 9.99. The summed E-state index contributed by atoms with van der Waals surface area (Å²) in [6.07, 6.45) is 4.06. The number of nitrogens with zero attached hydrogens (tertiary/aromatic N) is 4. The molecule has 0 aliphatic carbocycles. The van der Waals surface area contributed by atoms with Gasteiger partial charge in [-0.15, -0.1) is 0 Å². The first-order valence-corrected chi connectivity index (χ1v) is 10.8. The lowest BCUT2D eigenvalue weighted by molar-refractivity contribution is 0.262. The molecule has 1 aliphatic heterocycles. The van der Waals surface area contributed by atoms with E-state index in [1.807, 2.05) is 28.8 Å². The first kappa shape index (κ1) is 19.7. The molecule has 0 radical (unpaired) electrons. The summed E-state index contributed by atoms with van der Waals surface area (Å²) in [7, 11) is 0. The van der Waals surface area contributed by atoms with Crippen molar-refractivity contribution in [3.05, 3.63) is 72.5 Å². The zero-order chi connectivity index (χ0) is 21.2. The topological polar surface area (TPSA) is 53.7 Å². The van der Waals surface area contributed by atoms with E-state index in [2.05, 4.69) is 23.1 Å². The van der Waals surface area contributed by atoms with Crippen molar-refractivity contribution in [1.29, 1.82) is 0 Å². The molecule has 158 valence electrons. The van der Waals surface area contributed by atoms with Gasteiger partial charge in [-0.1, -0.05) is 30.3 Å². The number of anilines is 1. The molecular formula is C25H25FN4O. The van der Waals surface area contributed by atoms with E-state index >= 15 is 0 Å². The Labute approximate surface area is 180 Å². The summed E-state index contributed by atoms with van der Waals surface area (Å²) >= 11 is 0. The molecule has 0 unspecified atom stereocenters. The van der Waals surface area contributed by atoms with Crippen LogP contribution in [0.1, 0.15) is 25.7 Å². The maximum Gasteiger partial charge on any atom is 0.158 e. The maximum atomic E-state index is 13.4. The van der Waals surface area contributed by atoms with Gasteiger partial charge in [0.05, 0.1) is 11.4 Å². The molecule has 0 saturated carbocycles. The predicted octanol–water partition coefficient (Wildman–Crippen LogP) is 4.94. The Kier molecular flexibility index (Phi) is 5.38. The van der Waals surface area contributed by atoms with Gasteiger partial charge in [0.2, 0.25) is 0 Å². The van der Waals surface area contributed by atoms with Crippen molar-refractivity contribution in [1.82, 2.24) is 14.6 Å². The smallest absolute Gasteiger partial charge is 0.158 e. The van der Waals surface area contributed by atoms with Crippen LogP contribution in [0, 0.1) is 5.82 Å². The zero-order valence-electron chi connectivity index (χ0n) is 17.3. The number of piperidine rings is 1. The summed E-state index contributed by atoms with van der Waals surface area (Å²) in [5.41, 5.74) is 4.30. The molecule has 4 aromatic rings. The molecule has 1 atom stereocenters. The van der Waals surface area contributed by atoms with E-state index in [1.165, 1.54) is 18.6 Å². The number of rotatable bonds is 5. The molecule has 0 bridgehead atoms. The number of aliphatic hydroxyl groups excluding tert-OH is 1. The summed E-state index contributed by atoms with van der Waals surface area (Å²) in [6.45, 7) is 1.09. The van der Waals surface area contributed by atoms with E-state index < -0.39 is 0 Å². The second kappa shape index (κ2) is 8.47. The minimum atomic E-state index is -0.266. The minimum Gasteiger partial charge on any atom is -0.396 e. The Morgan fingerprint density at radius 2 is 1.71 bits per heavy atom. The third kappa shape index (κ3) is 3.91. The monoisotopic (exact) mass is 416 g/mol. The first-order valence-electron chi connectivity index (χ1n) is 10.8. The van der Waals surface area contributed by atoms with Crippen LogP contribution in [0.4, 0.5) is 10.2 Å². The van der Waals surface area contributed by atoms with Crippen LogP contribution < -0.4 is 4.90 Å². The highest BCUT2D eigenvalue weighted by atomic mass is 19.1. The first-order chi connectivity index (χ1) is 15.2. The van der Waals surface area contributed by atoms with Gasteiger partial charge in [-0.05, 0) is 49.9 Å². The molecule has 2 aromatic carbocycles. The van der Waals surface area contributed by atoms with Gasteiger partial charge in [0.15, 0.2) is 5.65 Å². The molecule has 1 fully saturated rings. The number of hydrogen-bond acceptors (Lipinski definition) is 4. The SMILES string of the molecule is OCC[C@H]1CCCCN1c1cc(-c2ccccc2)nc2cc(-c3ccc(F)cc3)nn12. The third-order valence-corrected chi connectivity index (χ3v) is 6.00. The fourth-order valence-electron chi connectivity index (χ4n) is 4.43. The average molecular weight is 417 g/mol. The fraction of sp³-hybridized carbons (Fsp3) is 0.280. The molecule has 0 amide bonds. The average Bonchev–Trinajstić information content (AvgIpc) is 3.24. The van der Waals surface area contributed by atoms with Gasteiger partial charge in [-0.2, -0.15) is 9.61 Å². The van der Waals surface area contributed by atoms with Crippen molar-refractivity contribution in [3.63, 3.8) is 0 Å².